The van der Waals surface area contributed by atoms with Crippen LogP contribution in [0, 0.1) is 23.7 Å². The molecule has 2 aliphatic rings. The summed E-state index contributed by atoms with van der Waals surface area (Å²) in [4.78, 5) is 24.9. The van der Waals surface area contributed by atoms with E-state index in [0.29, 0.717) is 0 Å². The number of ketones is 2. The number of carbonyl (C=O) groups is 2. The standard InChI is InChI=1S/C18H22O2/c1-5-13-7-11(3)9-15(19)17(13)18-14(6-2)8-12(4)10-16(18)20/h5-6,9-10,13-14,17-18H,1-2,7-8H2,3-4H3/t13-,14-,17+,18+/m0/s1. The van der Waals surface area contributed by atoms with Crippen molar-refractivity contribution in [2.24, 2.45) is 23.7 Å². The van der Waals surface area contributed by atoms with Gasteiger partial charge in [-0.1, -0.05) is 23.3 Å². The Bertz CT molecular complexity index is 474. The lowest BCUT2D eigenvalue weighted by Gasteiger charge is -2.37. The normalized spacial score (nSPS) is 34.3. The summed E-state index contributed by atoms with van der Waals surface area (Å²) in [5.74, 6) is -0.327. The van der Waals surface area contributed by atoms with Crippen molar-refractivity contribution < 1.29 is 9.59 Å². The number of hydrogen-bond acceptors (Lipinski definition) is 2. The van der Waals surface area contributed by atoms with Crippen LogP contribution in [0.1, 0.15) is 26.7 Å². The molecule has 0 spiro atoms. The van der Waals surface area contributed by atoms with Gasteiger partial charge < -0.3 is 0 Å². The molecular weight excluding hydrogens is 248 g/mol. The van der Waals surface area contributed by atoms with Gasteiger partial charge in [-0.15, -0.1) is 13.2 Å². The van der Waals surface area contributed by atoms with Gasteiger partial charge in [-0.3, -0.25) is 9.59 Å². The van der Waals surface area contributed by atoms with Gasteiger partial charge in [0.15, 0.2) is 11.6 Å². The summed E-state index contributed by atoms with van der Waals surface area (Å²) in [6, 6.07) is 0. The van der Waals surface area contributed by atoms with Gasteiger partial charge in [0.1, 0.15) is 0 Å². The Balaban J connectivity index is 2.41. The summed E-state index contributed by atoms with van der Waals surface area (Å²) in [6.45, 7) is 11.6. The fraction of sp³-hybridized carbons (Fsp3) is 0.444. The first-order chi connectivity index (χ1) is 9.47. The summed E-state index contributed by atoms with van der Waals surface area (Å²) >= 11 is 0. The fourth-order valence-electron chi connectivity index (χ4n) is 3.56. The van der Waals surface area contributed by atoms with E-state index in [0.717, 1.165) is 24.0 Å². The van der Waals surface area contributed by atoms with Crippen LogP contribution in [0.2, 0.25) is 0 Å². The second kappa shape index (κ2) is 5.74. The van der Waals surface area contributed by atoms with Crippen molar-refractivity contribution in [1.29, 1.82) is 0 Å². The van der Waals surface area contributed by atoms with Crippen LogP contribution in [0.4, 0.5) is 0 Å². The highest BCUT2D eigenvalue weighted by molar-refractivity contribution is 6.01. The Morgan fingerprint density at radius 2 is 1.25 bits per heavy atom. The topological polar surface area (TPSA) is 34.1 Å². The number of carbonyl (C=O) groups excluding carboxylic acids is 2. The molecule has 0 bridgehead atoms. The van der Waals surface area contributed by atoms with Crippen LogP contribution in [-0.2, 0) is 9.59 Å². The Hall–Kier alpha value is -1.70. The third kappa shape index (κ3) is 2.60. The highest BCUT2D eigenvalue weighted by Gasteiger charge is 2.43. The largest absolute Gasteiger partial charge is 0.294 e. The van der Waals surface area contributed by atoms with Crippen LogP contribution in [0.5, 0.6) is 0 Å². The number of rotatable bonds is 3. The molecule has 0 radical (unpaired) electrons. The van der Waals surface area contributed by atoms with Gasteiger partial charge in [-0.2, -0.15) is 0 Å². The first-order valence-corrected chi connectivity index (χ1v) is 7.15. The van der Waals surface area contributed by atoms with Gasteiger partial charge in [0.05, 0.1) is 0 Å². The molecule has 2 rings (SSSR count). The van der Waals surface area contributed by atoms with Crippen molar-refractivity contribution in [3.05, 3.63) is 48.6 Å². The minimum atomic E-state index is -0.281. The smallest absolute Gasteiger partial charge is 0.160 e. The lowest BCUT2D eigenvalue weighted by molar-refractivity contribution is -0.131. The Morgan fingerprint density at radius 3 is 1.55 bits per heavy atom. The molecule has 0 saturated heterocycles. The molecule has 20 heavy (non-hydrogen) atoms. The molecule has 0 aromatic carbocycles. The van der Waals surface area contributed by atoms with Crippen molar-refractivity contribution >= 4 is 11.6 Å². The molecule has 106 valence electrons. The van der Waals surface area contributed by atoms with E-state index in [9.17, 15) is 9.59 Å². The van der Waals surface area contributed by atoms with Crippen LogP contribution >= 0.6 is 0 Å². The van der Waals surface area contributed by atoms with E-state index >= 15 is 0 Å². The maximum absolute atomic E-state index is 12.4. The molecule has 0 aromatic rings. The second-order valence-corrected chi connectivity index (χ2v) is 6.05. The van der Waals surface area contributed by atoms with E-state index < -0.39 is 0 Å². The van der Waals surface area contributed by atoms with Crippen molar-refractivity contribution in [3.8, 4) is 0 Å². The molecule has 0 amide bonds. The minimum absolute atomic E-state index is 0.0516. The summed E-state index contributed by atoms with van der Waals surface area (Å²) in [5.41, 5.74) is 2.14. The van der Waals surface area contributed by atoms with Gasteiger partial charge in [0, 0.05) is 11.8 Å². The van der Waals surface area contributed by atoms with E-state index in [1.54, 1.807) is 12.2 Å². The Labute approximate surface area is 120 Å². The average Bonchev–Trinajstić information content (AvgIpc) is 2.38. The van der Waals surface area contributed by atoms with E-state index in [4.69, 9.17) is 0 Å². The highest BCUT2D eigenvalue weighted by Crippen LogP contribution is 2.41. The van der Waals surface area contributed by atoms with Gasteiger partial charge >= 0.3 is 0 Å². The number of allylic oxidation sites excluding steroid dienone is 6. The van der Waals surface area contributed by atoms with E-state index in [1.807, 2.05) is 26.0 Å². The summed E-state index contributed by atoms with van der Waals surface area (Å²) in [5, 5.41) is 0. The van der Waals surface area contributed by atoms with Crippen molar-refractivity contribution in [2.45, 2.75) is 26.7 Å². The van der Waals surface area contributed by atoms with Crippen molar-refractivity contribution in [2.75, 3.05) is 0 Å². The van der Waals surface area contributed by atoms with Gasteiger partial charge in [0.2, 0.25) is 0 Å². The Morgan fingerprint density at radius 1 is 0.900 bits per heavy atom. The van der Waals surface area contributed by atoms with Crippen LogP contribution < -0.4 is 0 Å². The predicted octanol–water partition coefficient (Wildman–Crippen LogP) is 3.66. The molecule has 0 aliphatic heterocycles. The van der Waals surface area contributed by atoms with Gasteiger partial charge in [0.25, 0.3) is 0 Å². The molecule has 4 atom stereocenters. The third-order valence-electron chi connectivity index (χ3n) is 4.46. The maximum Gasteiger partial charge on any atom is 0.160 e. The van der Waals surface area contributed by atoms with Crippen LogP contribution in [0.25, 0.3) is 0 Å². The zero-order valence-corrected chi connectivity index (χ0v) is 12.3. The molecule has 2 heteroatoms. The zero-order chi connectivity index (χ0) is 14.9. The summed E-state index contributed by atoms with van der Waals surface area (Å²) in [6.07, 6.45) is 8.69. The van der Waals surface area contributed by atoms with Crippen LogP contribution in [0.3, 0.4) is 0 Å². The number of hydrogen-bond donors (Lipinski definition) is 0. The van der Waals surface area contributed by atoms with Crippen molar-refractivity contribution in [1.82, 2.24) is 0 Å². The summed E-state index contributed by atoms with van der Waals surface area (Å²) in [7, 11) is 0. The SMILES string of the molecule is C=C[C@H]1CC(C)=CC(=O)[C@@H]1[C@H]1C(=O)C=C(C)C[C@@H]1C=C. The second-order valence-electron chi connectivity index (χ2n) is 6.05. The van der Waals surface area contributed by atoms with Gasteiger partial charge in [-0.25, -0.2) is 0 Å². The molecule has 0 fully saturated rings. The Kier molecular flexibility index (Phi) is 4.22. The highest BCUT2D eigenvalue weighted by atomic mass is 16.1. The first kappa shape index (κ1) is 14.7. The van der Waals surface area contributed by atoms with E-state index in [-0.39, 0.29) is 35.2 Å². The van der Waals surface area contributed by atoms with Crippen molar-refractivity contribution in [3.63, 3.8) is 0 Å². The first-order valence-electron chi connectivity index (χ1n) is 7.15. The fourth-order valence-corrected chi connectivity index (χ4v) is 3.56. The third-order valence-corrected chi connectivity index (χ3v) is 4.46. The molecular formula is C18H22O2. The minimum Gasteiger partial charge on any atom is -0.294 e. The van der Waals surface area contributed by atoms with E-state index in [1.165, 1.54) is 0 Å². The molecule has 2 nitrogen and oxygen atoms in total. The zero-order valence-electron chi connectivity index (χ0n) is 12.3. The lowest BCUT2D eigenvalue weighted by Crippen LogP contribution is -2.41. The molecule has 0 unspecified atom stereocenters. The molecule has 0 N–H and O–H groups in total. The molecule has 2 aliphatic carbocycles. The molecule has 0 heterocycles. The van der Waals surface area contributed by atoms with E-state index in [2.05, 4.69) is 13.2 Å². The average molecular weight is 270 g/mol. The summed E-state index contributed by atoms with van der Waals surface area (Å²) < 4.78 is 0. The lowest BCUT2D eigenvalue weighted by atomic mass is 9.64. The predicted molar refractivity (Wildman–Crippen MR) is 81.1 cm³/mol. The molecule has 0 aromatic heterocycles. The van der Waals surface area contributed by atoms with Crippen LogP contribution in [0.15, 0.2) is 48.6 Å². The molecule has 0 saturated carbocycles. The van der Waals surface area contributed by atoms with Crippen LogP contribution in [-0.4, -0.2) is 11.6 Å². The van der Waals surface area contributed by atoms with Gasteiger partial charge in [-0.05, 0) is 50.7 Å². The maximum atomic E-state index is 12.4. The monoisotopic (exact) mass is 270 g/mol. The quantitative estimate of drug-likeness (QED) is 0.733.